The average molecular weight is 455 g/mol. The molecule has 0 bridgehead atoms. The molecule has 0 unspecified atom stereocenters. The third-order valence-corrected chi connectivity index (χ3v) is 5.38. The molecule has 0 aliphatic carbocycles. The highest BCUT2D eigenvalue weighted by atomic mass is 35.5. The fourth-order valence-corrected chi connectivity index (χ4v) is 3.61. The van der Waals surface area contributed by atoms with Gasteiger partial charge < -0.3 is 9.42 Å². The number of aromatic nitrogens is 5. The molecule has 0 N–H and O–H groups in total. The van der Waals surface area contributed by atoms with E-state index in [2.05, 4.69) is 22.2 Å². The van der Waals surface area contributed by atoms with Crippen molar-refractivity contribution in [2.75, 3.05) is 13.1 Å². The summed E-state index contributed by atoms with van der Waals surface area (Å²) in [4.78, 5) is 31.7. The van der Waals surface area contributed by atoms with Crippen LogP contribution in [0.2, 0.25) is 5.02 Å². The van der Waals surface area contributed by atoms with Gasteiger partial charge in [-0.05, 0) is 37.6 Å². The van der Waals surface area contributed by atoms with Gasteiger partial charge in [0.25, 0.3) is 5.89 Å². The molecular formula is C22H23ClN6O3. The van der Waals surface area contributed by atoms with Crippen LogP contribution in [-0.2, 0) is 11.3 Å². The maximum atomic E-state index is 12.8. The number of carbonyl (C=O) groups is 1. The van der Waals surface area contributed by atoms with Crippen molar-refractivity contribution in [3.05, 3.63) is 58.1 Å². The minimum Gasteiger partial charge on any atom is -0.341 e. The molecule has 4 aromatic rings. The van der Waals surface area contributed by atoms with Crippen LogP contribution >= 0.6 is 11.6 Å². The molecule has 3 heterocycles. The molecule has 0 aliphatic heterocycles. The summed E-state index contributed by atoms with van der Waals surface area (Å²) < 4.78 is 7.98. The lowest BCUT2D eigenvalue weighted by atomic mass is 10.2. The molecule has 0 radical (unpaired) electrons. The van der Waals surface area contributed by atoms with Crippen molar-refractivity contribution in [1.82, 2.24) is 29.2 Å². The Balaban J connectivity index is 1.67. The van der Waals surface area contributed by atoms with Crippen LogP contribution in [0, 0.1) is 0 Å². The van der Waals surface area contributed by atoms with Gasteiger partial charge in [0.15, 0.2) is 5.65 Å². The van der Waals surface area contributed by atoms with Gasteiger partial charge in [0.05, 0.1) is 5.56 Å². The summed E-state index contributed by atoms with van der Waals surface area (Å²) in [5.41, 5.74) is 1.13. The van der Waals surface area contributed by atoms with Crippen molar-refractivity contribution < 1.29 is 9.32 Å². The maximum Gasteiger partial charge on any atom is 0.350 e. The van der Waals surface area contributed by atoms with E-state index in [1.165, 1.54) is 9.08 Å². The van der Waals surface area contributed by atoms with Crippen molar-refractivity contribution >= 4 is 23.2 Å². The smallest absolute Gasteiger partial charge is 0.341 e. The standard InChI is InChI=1S/C22H23ClN6O3/c1-3-5-11-27(4-2)18(30)14-29-22(31)28-12-7-10-17(20(28)25-29)21-24-19(26-32-21)15-8-6-9-16(23)13-15/h6-10,12-13H,3-5,11,14H2,1-2H3. The zero-order valence-corrected chi connectivity index (χ0v) is 18.6. The lowest BCUT2D eigenvalue weighted by Crippen LogP contribution is -2.37. The van der Waals surface area contributed by atoms with Crippen LogP contribution in [0.1, 0.15) is 26.7 Å². The van der Waals surface area contributed by atoms with E-state index in [1.54, 1.807) is 41.4 Å². The Morgan fingerprint density at radius 1 is 1.22 bits per heavy atom. The summed E-state index contributed by atoms with van der Waals surface area (Å²) >= 11 is 6.05. The molecule has 1 amide bonds. The van der Waals surface area contributed by atoms with Gasteiger partial charge in [0.2, 0.25) is 11.7 Å². The Kier molecular flexibility index (Phi) is 6.36. The van der Waals surface area contributed by atoms with Gasteiger partial charge in [0.1, 0.15) is 6.54 Å². The Morgan fingerprint density at radius 2 is 2.06 bits per heavy atom. The number of hydrogen-bond acceptors (Lipinski definition) is 6. The molecule has 0 atom stereocenters. The molecule has 3 aromatic heterocycles. The first kappa shape index (κ1) is 21.8. The van der Waals surface area contributed by atoms with E-state index in [9.17, 15) is 9.59 Å². The molecule has 4 rings (SSSR count). The van der Waals surface area contributed by atoms with E-state index in [1.807, 2.05) is 13.0 Å². The van der Waals surface area contributed by atoms with E-state index < -0.39 is 5.69 Å². The van der Waals surface area contributed by atoms with E-state index in [-0.39, 0.29) is 18.3 Å². The zero-order valence-electron chi connectivity index (χ0n) is 17.9. The third-order valence-electron chi connectivity index (χ3n) is 5.15. The number of hydrogen-bond donors (Lipinski definition) is 0. The molecule has 0 aliphatic rings. The second-order valence-electron chi connectivity index (χ2n) is 7.32. The second kappa shape index (κ2) is 9.35. The third kappa shape index (κ3) is 4.29. The van der Waals surface area contributed by atoms with Crippen molar-refractivity contribution in [3.63, 3.8) is 0 Å². The van der Waals surface area contributed by atoms with Crippen LogP contribution in [0.4, 0.5) is 0 Å². The average Bonchev–Trinajstić information content (AvgIpc) is 3.40. The van der Waals surface area contributed by atoms with Gasteiger partial charge in [-0.25, -0.2) is 13.9 Å². The monoisotopic (exact) mass is 454 g/mol. The van der Waals surface area contributed by atoms with Crippen molar-refractivity contribution in [1.29, 1.82) is 0 Å². The van der Waals surface area contributed by atoms with Crippen molar-refractivity contribution in [3.8, 4) is 22.8 Å². The highest BCUT2D eigenvalue weighted by Gasteiger charge is 2.20. The van der Waals surface area contributed by atoms with Gasteiger partial charge in [-0.3, -0.25) is 4.79 Å². The number of benzene rings is 1. The Morgan fingerprint density at radius 3 is 2.81 bits per heavy atom. The molecule has 0 saturated carbocycles. The van der Waals surface area contributed by atoms with Gasteiger partial charge in [-0.2, -0.15) is 4.98 Å². The number of fused-ring (bicyclic) bond motifs is 1. The van der Waals surface area contributed by atoms with Crippen LogP contribution in [0.15, 0.2) is 51.9 Å². The quantitative estimate of drug-likeness (QED) is 0.404. The highest BCUT2D eigenvalue weighted by molar-refractivity contribution is 6.30. The number of pyridine rings is 1. The number of halogens is 1. The zero-order chi connectivity index (χ0) is 22.7. The SMILES string of the molecule is CCCCN(CC)C(=O)Cn1nc2c(-c3nc(-c4cccc(Cl)c4)no3)cccn2c1=O. The fraction of sp³-hybridized carbons (Fsp3) is 0.318. The molecule has 0 fully saturated rings. The lowest BCUT2D eigenvalue weighted by molar-refractivity contribution is -0.132. The molecule has 166 valence electrons. The van der Waals surface area contributed by atoms with Crippen molar-refractivity contribution in [2.45, 2.75) is 33.2 Å². The van der Waals surface area contributed by atoms with E-state index in [0.29, 0.717) is 40.7 Å². The molecule has 32 heavy (non-hydrogen) atoms. The Hall–Kier alpha value is -3.46. The molecule has 0 spiro atoms. The maximum absolute atomic E-state index is 12.8. The predicted octanol–water partition coefficient (Wildman–Crippen LogP) is 3.52. The summed E-state index contributed by atoms with van der Waals surface area (Å²) in [6.07, 6.45) is 3.50. The second-order valence-corrected chi connectivity index (χ2v) is 7.75. The number of carbonyl (C=O) groups excluding carboxylic acids is 1. The molecule has 0 saturated heterocycles. The summed E-state index contributed by atoms with van der Waals surface area (Å²) in [5.74, 6) is 0.442. The lowest BCUT2D eigenvalue weighted by Gasteiger charge is -2.20. The first-order chi connectivity index (χ1) is 15.5. The van der Waals surface area contributed by atoms with Gasteiger partial charge in [-0.15, -0.1) is 5.10 Å². The fourth-order valence-electron chi connectivity index (χ4n) is 3.42. The van der Waals surface area contributed by atoms with E-state index in [0.717, 1.165) is 12.8 Å². The normalized spacial score (nSPS) is 11.2. The number of rotatable bonds is 8. The first-order valence-electron chi connectivity index (χ1n) is 10.5. The van der Waals surface area contributed by atoms with Crippen LogP contribution in [0.3, 0.4) is 0 Å². The number of likely N-dealkylation sites (N-methyl/N-ethyl adjacent to an activating group) is 1. The molecule has 9 nitrogen and oxygen atoms in total. The van der Waals surface area contributed by atoms with Gasteiger partial charge in [0, 0.05) is 29.9 Å². The Labute approximate surface area is 189 Å². The van der Waals surface area contributed by atoms with Gasteiger partial charge >= 0.3 is 5.69 Å². The topological polar surface area (TPSA) is 98.5 Å². The number of unbranched alkanes of at least 4 members (excludes halogenated alkanes) is 1. The molecular weight excluding hydrogens is 432 g/mol. The van der Waals surface area contributed by atoms with Crippen LogP contribution in [-0.4, -0.2) is 48.2 Å². The van der Waals surface area contributed by atoms with Crippen LogP contribution < -0.4 is 5.69 Å². The predicted molar refractivity (Wildman–Crippen MR) is 120 cm³/mol. The first-order valence-corrected chi connectivity index (χ1v) is 10.9. The van der Waals surface area contributed by atoms with E-state index in [4.69, 9.17) is 16.1 Å². The van der Waals surface area contributed by atoms with Crippen LogP contribution in [0.25, 0.3) is 28.5 Å². The minimum atomic E-state index is -0.406. The molecule has 1 aromatic carbocycles. The van der Waals surface area contributed by atoms with E-state index >= 15 is 0 Å². The summed E-state index contributed by atoms with van der Waals surface area (Å²) in [7, 11) is 0. The highest BCUT2D eigenvalue weighted by Crippen LogP contribution is 2.25. The number of amides is 1. The summed E-state index contributed by atoms with van der Waals surface area (Å²) in [6, 6.07) is 10.6. The largest absolute Gasteiger partial charge is 0.350 e. The number of nitrogens with zero attached hydrogens (tertiary/aromatic N) is 6. The van der Waals surface area contributed by atoms with Crippen LogP contribution in [0.5, 0.6) is 0 Å². The summed E-state index contributed by atoms with van der Waals surface area (Å²) in [5, 5.41) is 8.98. The summed E-state index contributed by atoms with van der Waals surface area (Å²) in [6.45, 7) is 5.11. The van der Waals surface area contributed by atoms with Gasteiger partial charge in [-0.1, -0.05) is 42.2 Å². The van der Waals surface area contributed by atoms with Crippen molar-refractivity contribution in [2.24, 2.45) is 0 Å². The Bertz CT molecular complexity index is 1310. The molecule has 10 heteroatoms. The minimum absolute atomic E-state index is 0.130.